The molecule has 4 nitrogen and oxygen atoms in total. The fourth-order valence-electron chi connectivity index (χ4n) is 4.54. The Kier molecular flexibility index (Phi) is 5.89. The van der Waals surface area contributed by atoms with Crippen molar-refractivity contribution in [3.8, 4) is 0 Å². The lowest BCUT2D eigenvalue weighted by molar-refractivity contribution is -0.133. The largest absolute Gasteiger partial charge is 0.396 e. The summed E-state index contributed by atoms with van der Waals surface area (Å²) in [5.41, 5.74) is 3.67. The van der Waals surface area contributed by atoms with Gasteiger partial charge in [-0.15, -0.1) is 0 Å². The van der Waals surface area contributed by atoms with Crippen molar-refractivity contribution >= 4 is 5.91 Å². The normalized spacial score (nSPS) is 21.7. The fourth-order valence-corrected chi connectivity index (χ4v) is 4.54. The molecule has 2 heterocycles. The Morgan fingerprint density at radius 1 is 0.964 bits per heavy atom. The maximum atomic E-state index is 13.3. The maximum absolute atomic E-state index is 13.3. The van der Waals surface area contributed by atoms with Gasteiger partial charge in [-0.1, -0.05) is 66.7 Å². The van der Waals surface area contributed by atoms with Gasteiger partial charge in [-0.25, -0.2) is 0 Å². The second-order valence-corrected chi connectivity index (χ2v) is 7.72. The second-order valence-electron chi connectivity index (χ2n) is 7.72. The first kappa shape index (κ1) is 18.9. The zero-order chi connectivity index (χ0) is 19.3. The first-order valence-corrected chi connectivity index (χ1v) is 10.2. The standard InChI is InChI=1S/C24H28N2O2/c27-15-13-21-12-7-14-26-22(21)16-23(24(26)28)25(17-19-8-3-1-4-9-19)18-20-10-5-2-6-11-20/h1-6,8-12,22-23,27H,7,13-18H2/t22-,23+/m1/s1. The number of hydrogen-bond donors (Lipinski definition) is 1. The van der Waals surface area contributed by atoms with E-state index in [1.807, 2.05) is 17.0 Å². The van der Waals surface area contributed by atoms with Gasteiger partial charge in [-0.2, -0.15) is 0 Å². The number of benzene rings is 2. The first-order valence-electron chi connectivity index (χ1n) is 10.2. The molecule has 2 aromatic carbocycles. The van der Waals surface area contributed by atoms with Gasteiger partial charge in [0.1, 0.15) is 0 Å². The minimum absolute atomic E-state index is 0.120. The molecule has 2 aromatic rings. The van der Waals surface area contributed by atoms with Crippen LogP contribution in [0.5, 0.6) is 0 Å². The highest BCUT2D eigenvalue weighted by Crippen LogP contribution is 2.34. The summed E-state index contributed by atoms with van der Waals surface area (Å²) in [4.78, 5) is 17.7. The fraction of sp³-hybridized carbons (Fsp3) is 0.375. The third-order valence-corrected chi connectivity index (χ3v) is 5.89. The van der Waals surface area contributed by atoms with Gasteiger partial charge in [0.15, 0.2) is 0 Å². The van der Waals surface area contributed by atoms with E-state index < -0.39 is 0 Å². The second kappa shape index (κ2) is 8.72. The number of aliphatic hydroxyl groups excluding tert-OH is 1. The number of hydrogen-bond acceptors (Lipinski definition) is 3. The van der Waals surface area contributed by atoms with E-state index >= 15 is 0 Å². The van der Waals surface area contributed by atoms with Crippen molar-refractivity contribution in [2.75, 3.05) is 13.2 Å². The molecule has 4 rings (SSSR count). The van der Waals surface area contributed by atoms with Crippen molar-refractivity contribution < 1.29 is 9.90 Å². The van der Waals surface area contributed by atoms with Gasteiger partial charge in [-0.3, -0.25) is 9.69 Å². The summed E-state index contributed by atoms with van der Waals surface area (Å²) >= 11 is 0. The molecule has 0 spiro atoms. The molecule has 1 amide bonds. The van der Waals surface area contributed by atoms with E-state index in [0.29, 0.717) is 6.42 Å². The van der Waals surface area contributed by atoms with Crippen molar-refractivity contribution in [1.29, 1.82) is 0 Å². The molecule has 2 atom stereocenters. The Bertz CT molecular complexity index is 778. The number of rotatable bonds is 7. The van der Waals surface area contributed by atoms with Gasteiger partial charge >= 0.3 is 0 Å². The van der Waals surface area contributed by atoms with Gasteiger partial charge in [-0.05, 0) is 36.0 Å². The maximum Gasteiger partial charge on any atom is 0.240 e. The Morgan fingerprint density at radius 2 is 1.57 bits per heavy atom. The zero-order valence-corrected chi connectivity index (χ0v) is 16.2. The average molecular weight is 377 g/mol. The quantitative estimate of drug-likeness (QED) is 0.754. The van der Waals surface area contributed by atoms with E-state index in [9.17, 15) is 9.90 Å². The summed E-state index contributed by atoms with van der Waals surface area (Å²) < 4.78 is 0. The van der Waals surface area contributed by atoms with Crippen LogP contribution in [-0.2, 0) is 17.9 Å². The van der Waals surface area contributed by atoms with Crippen LogP contribution in [0.2, 0.25) is 0 Å². The summed E-state index contributed by atoms with van der Waals surface area (Å²) in [5, 5.41) is 9.41. The van der Waals surface area contributed by atoms with Crippen LogP contribution in [0.25, 0.3) is 0 Å². The molecular weight excluding hydrogens is 348 g/mol. The van der Waals surface area contributed by atoms with Crippen LogP contribution >= 0.6 is 0 Å². The monoisotopic (exact) mass is 376 g/mol. The minimum Gasteiger partial charge on any atom is -0.396 e. The number of aliphatic hydroxyl groups is 1. The third-order valence-electron chi connectivity index (χ3n) is 5.89. The molecule has 0 unspecified atom stereocenters. The molecule has 146 valence electrons. The van der Waals surface area contributed by atoms with Crippen LogP contribution in [-0.4, -0.2) is 46.0 Å². The SMILES string of the molecule is O=C1[C@@H](N(Cc2ccccc2)Cc2ccccc2)C[C@@H]2C(CCO)=CCCN12. The van der Waals surface area contributed by atoms with Crippen molar-refractivity contribution in [3.63, 3.8) is 0 Å². The lowest BCUT2D eigenvalue weighted by atomic mass is 9.96. The topological polar surface area (TPSA) is 43.8 Å². The third kappa shape index (κ3) is 4.03. The summed E-state index contributed by atoms with van der Waals surface area (Å²) in [6.45, 7) is 2.45. The van der Waals surface area contributed by atoms with E-state index in [-0.39, 0.29) is 24.6 Å². The number of carbonyl (C=O) groups is 1. The molecule has 2 aliphatic heterocycles. The van der Waals surface area contributed by atoms with E-state index in [2.05, 4.69) is 59.5 Å². The lowest BCUT2D eigenvalue weighted by Crippen LogP contribution is -2.42. The Morgan fingerprint density at radius 3 is 2.14 bits per heavy atom. The molecular formula is C24H28N2O2. The molecule has 2 aliphatic rings. The summed E-state index contributed by atoms with van der Waals surface area (Å²) in [6.07, 6.45) is 4.59. The van der Waals surface area contributed by atoms with Crippen LogP contribution in [0.3, 0.4) is 0 Å². The van der Waals surface area contributed by atoms with Gasteiger partial charge in [0, 0.05) is 26.2 Å². The molecule has 1 N–H and O–H groups in total. The van der Waals surface area contributed by atoms with Gasteiger partial charge in [0.05, 0.1) is 12.1 Å². The molecule has 0 aliphatic carbocycles. The number of carbonyl (C=O) groups excluding carboxylic acids is 1. The summed E-state index contributed by atoms with van der Waals surface area (Å²) in [7, 11) is 0. The predicted octanol–water partition coefficient (Wildman–Crippen LogP) is 3.37. The van der Waals surface area contributed by atoms with Crippen LogP contribution in [0.4, 0.5) is 0 Å². The van der Waals surface area contributed by atoms with Gasteiger partial charge < -0.3 is 10.0 Å². The van der Waals surface area contributed by atoms with Crippen LogP contribution in [0.15, 0.2) is 72.3 Å². The van der Waals surface area contributed by atoms with Crippen molar-refractivity contribution in [3.05, 3.63) is 83.4 Å². The van der Waals surface area contributed by atoms with Gasteiger partial charge in [0.25, 0.3) is 0 Å². The molecule has 0 aromatic heterocycles. The van der Waals surface area contributed by atoms with Crippen molar-refractivity contribution in [1.82, 2.24) is 9.80 Å². The number of nitrogens with zero attached hydrogens (tertiary/aromatic N) is 2. The zero-order valence-electron chi connectivity index (χ0n) is 16.2. The first-order chi connectivity index (χ1) is 13.8. The number of fused-ring (bicyclic) bond motifs is 1. The smallest absolute Gasteiger partial charge is 0.240 e. The Balaban J connectivity index is 1.59. The average Bonchev–Trinajstić information content (AvgIpc) is 3.07. The highest BCUT2D eigenvalue weighted by atomic mass is 16.3. The molecule has 4 heteroatoms. The van der Waals surface area contributed by atoms with E-state index in [1.54, 1.807) is 0 Å². The molecule has 0 bridgehead atoms. The molecule has 1 fully saturated rings. The minimum atomic E-state index is -0.120. The van der Waals surface area contributed by atoms with E-state index in [1.165, 1.54) is 16.7 Å². The van der Waals surface area contributed by atoms with Crippen LogP contribution in [0, 0.1) is 0 Å². The van der Waals surface area contributed by atoms with Crippen molar-refractivity contribution in [2.45, 2.75) is 44.4 Å². The summed E-state index contributed by atoms with van der Waals surface area (Å²) in [5.74, 6) is 0.236. The molecule has 0 radical (unpaired) electrons. The Labute approximate surface area is 167 Å². The predicted molar refractivity (Wildman–Crippen MR) is 110 cm³/mol. The molecule has 0 saturated carbocycles. The molecule has 28 heavy (non-hydrogen) atoms. The number of amides is 1. The van der Waals surface area contributed by atoms with Gasteiger partial charge in [0.2, 0.25) is 5.91 Å². The highest BCUT2D eigenvalue weighted by molar-refractivity contribution is 5.85. The van der Waals surface area contributed by atoms with Crippen molar-refractivity contribution in [2.24, 2.45) is 0 Å². The highest BCUT2D eigenvalue weighted by Gasteiger charge is 2.44. The Hall–Kier alpha value is -2.43. The van der Waals surface area contributed by atoms with Crippen LogP contribution < -0.4 is 0 Å². The van der Waals surface area contributed by atoms with E-state index in [0.717, 1.165) is 32.5 Å². The van der Waals surface area contributed by atoms with Crippen LogP contribution in [0.1, 0.15) is 30.4 Å². The van der Waals surface area contributed by atoms with E-state index in [4.69, 9.17) is 0 Å². The molecule has 1 saturated heterocycles. The summed E-state index contributed by atoms with van der Waals surface area (Å²) in [6, 6.07) is 20.8. The lowest BCUT2D eigenvalue weighted by Gasteiger charge is -2.30.